The van der Waals surface area contributed by atoms with Gasteiger partial charge in [-0.2, -0.15) is 0 Å². The summed E-state index contributed by atoms with van der Waals surface area (Å²) in [6.07, 6.45) is 7.91. The summed E-state index contributed by atoms with van der Waals surface area (Å²) in [5, 5.41) is 0.736. The van der Waals surface area contributed by atoms with Crippen LogP contribution in [0, 0.1) is 17.3 Å². The zero-order valence-corrected chi connectivity index (χ0v) is 15.0. The van der Waals surface area contributed by atoms with Crippen LogP contribution in [0.5, 0.6) is 0 Å². The fourth-order valence-corrected chi connectivity index (χ4v) is 5.00. The molecule has 2 heterocycles. The van der Waals surface area contributed by atoms with Gasteiger partial charge in [-0.15, -0.1) is 0 Å². The fraction of sp³-hybridized carbons (Fsp3) is 0.667. The van der Waals surface area contributed by atoms with E-state index >= 15 is 0 Å². The summed E-state index contributed by atoms with van der Waals surface area (Å²) >= 11 is 1.50. The van der Waals surface area contributed by atoms with Gasteiger partial charge in [0.15, 0.2) is 5.16 Å². The molecule has 2 atom stereocenters. The van der Waals surface area contributed by atoms with Crippen LogP contribution in [-0.4, -0.2) is 34.2 Å². The average Bonchev–Trinajstić information content (AvgIpc) is 2.55. The highest BCUT2D eigenvalue weighted by atomic mass is 32.2. The normalized spacial score (nSPS) is 28.7. The van der Waals surface area contributed by atoms with Gasteiger partial charge in [0, 0.05) is 26.1 Å². The first kappa shape index (κ1) is 15.5. The summed E-state index contributed by atoms with van der Waals surface area (Å²) in [4.78, 5) is 22.2. The molecule has 23 heavy (non-hydrogen) atoms. The molecule has 0 radical (unpaired) electrons. The van der Waals surface area contributed by atoms with E-state index < -0.39 is 0 Å². The maximum absolute atomic E-state index is 12.3. The number of H-pyrrole nitrogens is 1. The van der Waals surface area contributed by atoms with E-state index in [1.165, 1.54) is 24.6 Å². The van der Waals surface area contributed by atoms with Gasteiger partial charge >= 0.3 is 0 Å². The Bertz CT molecular complexity index is 721. The van der Waals surface area contributed by atoms with Gasteiger partial charge in [-0.1, -0.05) is 37.3 Å². The lowest BCUT2D eigenvalue weighted by atomic mass is 9.49. The molecule has 2 bridgehead atoms. The third-order valence-corrected chi connectivity index (χ3v) is 6.89. The van der Waals surface area contributed by atoms with Crippen molar-refractivity contribution in [3.05, 3.63) is 33.3 Å². The molecule has 3 aliphatic carbocycles. The van der Waals surface area contributed by atoms with Crippen molar-refractivity contribution in [2.75, 3.05) is 19.3 Å². The second-order valence-corrected chi connectivity index (χ2v) is 8.58. The first-order valence-corrected chi connectivity index (χ1v) is 9.79. The number of hydrogen-bond donors (Lipinski definition) is 1. The number of thioether (sulfide) groups is 1. The van der Waals surface area contributed by atoms with E-state index in [0.29, 0.717) is 5.41 Å². The molecule has 5 heteroatoms. The highest BCUT2D eigenvalue weighted by molar-refractivity contribution is 7.98. The Kier molecular flexibility index (Phi) is 3.69. The summed E-state index contributed by atoms with van der Waals surface area (Å²) in [5.74, 6) is 1.63. The zero-order valence-electron chi connectivity index (χ0n) is 14.2. The predicted octanol–water partition coefficient (Wildman–Crippen LogP) is 2.84. The van der Waals surface area contributed by atoms with Gasteiger partial charge in [-0.3, -0.25) is 9.69 Å². The number of allylic oxidation sites excluding steroid dienone is 1. The van der Waals surface area contributed by atoms with Crippen molar-refractivity contribution >= 4 is 11.8 Å². The Hall–Kier alpha value is -1.07. The lowest BCUT2D eigenvalue weighted by Crippen LogP contribution is -2.50. The zero-order chi connectivity index (χ0) is 16.2. The van der Waals surface area contributed by atoms with Gasteiger partial charge in [-0.25, -0.2) is 4.98 Å². The monoisotopic (exact) mass is 331 g/mol. The van der Waals surface area contributed by atoms with Gasteiger partial charge < -0.3 is 4.98 Å². The summed E-state index contributed by atoms with van der Waals surface area (Å²) < 4.78 is 0. The van der Waals surface area contributed by atoms with Crippen LogP contribution >= 0.6 is 11.8 Å². The molecular formula is C18H25N3OS. The smallest absolute Gasteiger partial charge is 0.256 e. The van der Waals surface area contributed by atoms with Crippen molar-refractivity contribution in [2.24, 2.45) is 17.3 Å². The third-order valence-electron chi connectivity index (χ3n) is 6.31. The number of nitrogens with zero attached hydrogens (tertiary/aromatic N) is 2. The van der Waals surface area contributed by atoms with Crippen molar-refractivity contribution in [1.82, 2.24) is 14.9 Å². The second-order valence-electron chi connectivity index (χ2n) is 7.78. The lowest BCUT2D eigenvalue weighted by molar-refractivity contribution is -0.0110. The van der Waals surface area contributed by atoms with E-state index in [9.17, 15) is 4.79 Å². The molecule has 0 aromatic carbocycles. The van der Waals surface area contributed by atoms with Crippen molar-refractivity contribution in [1.29, 1.82) is 0 Å². The molecule has 1 aromatic rings. The quantitative estimate of drug-likeness (QED) is 0.526. The summed E-state index contributed by atoms with van der Waals surface area (Å²) in [7, 11) is 0. The minimum absolute atomic E-state index is 0.0470. The minimum atomic E-state index is 0.0470. The molecule has 1 N–H and O–H groups in total. The Balaban J connectivity index is 1.51. The number of nitrogens with one attached hydrogen (secondary N) is 1. The SMILES string of the molecule is CSc1nc2c(c(=O)[nH]1)CN(CC1=CCC3CC1C3(C)C)CC2. The second kappa shape index (κ2) is 5.49. The molecule has 2 unspecified atom stereocenters. The topological polar surface area (TPSA) is 49.0 Å². The maximum atomic E-state index is 12.3. The molecule has 0 spiro atoms. The Morgan fingerprint density at radius 2 is 2.30 bits per heavy atom. The van der Waals surface area contributed by atoms with Gasteiger partial charge in [-0.05, 0) is 36.3 Å². The van der Waals surface area contributed by atoms with Crippen molar-refractivity contribution < 1.29 is 0 Å². The highest BCUT2D eigenvalue weighted by Crippen LogP contribution is 2.59. The number of aromatic amines is 1. The molecule has 1 saturated carbocycles. The Morgan fingerprint density at radius 3 is 3.00 bits per heavy atom. The van der Waals surface area contributed by atoms with Crippen LogP contribution in [0.1, 0.15) is 37.9 Å². The van der Waals surface area contributed by atoms with E-state index in [-0.39, 0.29) is 5.56 Å². The van der Waals surface area contributed by atoms with Crippen LogP contribution in [0.4, 0.5) is 0 Å². The minimum Gasteiger partial charge on any atom is -0.301 e. The fourth-order valence-electron chi connectivity index (χ4n) is 4.60. The summed E-state index contributed by atoms with van der Waals surface area (Å²) in [6.45, 7) is 7.60. The van der Waals surface area contributed by atoms with E-state index in [4.69, 9.17) is 0 Å². The molecule has 1 aliphatic heterocycles. The van der Waals surface area contributed by atoms with Crippen LogP contribution in [0.3, 0.4) is 0 Å². The van der Waals surface area contributed by atoms with Crippen molar-refractivity contribution in [3.63, 3.8) is 0 Å². The first-order valence-electron chi connectivity index (χ1n) is 8.56. The molecule has 1 aromatic heterocycles. The van der Waals surface area contributed by atoms with Gasteiger partial charge in [0.2, 0.25) is 0 Å². The molecule has 4 aliphatic rings. The maximum Gasteiger partial charge on any atom is 0.256 e. The van der Waals surface area contributed by atoms with Crippen LogP contribution in [0.2, 0.25) is 0 Å². The molecule has 5 rings (SSSR count). The van der Waals surface area contributed by atoms with E-state index in [2.05, 4.69) is 34.8 Å². The van der Waals surface area contributed by atoms with E-state index in [1.54, 1.807) is 5.57 Å². The van der Waals surface area contributed by atoms with Crippen molar-refractivity contribution in [3.8, 4) is 0 Å². The largest absolute Gasteiger partial charge is 0.301 e. The van der Waals surface area contributed by atoms with E-state index in [0.717, 1.165) is 54.3 Å². The van der Waals surface area contributed by atoms with Crippen LogP contribution in [0.15, 0.2) is 21.6 Å². The molecule has 1 fully saturated rings. The molecular weight excluding hydrogens is 306 g/mol. The summed E-state index contributed by atoms with van der Waals surface area (Å²) in [6, 6.07) is 0. The highest BCUT2D eigenvalue weighted by Gasteiger charge is 2.51. The van der Waals surface area contributed by atoms with Crippen LogP contribution in [-0.2, 0) is 13.0 Å². The summed E-state index contributed by atoms with van der Waals surface area (Å²) in [5.41, 5.74) is 3.99. The Labute approximate surface area is 141 Å². The predicted molar refractivity (Wildman–Crippen MR) is 93.7 cm³/mol. The number of fused-ring (bicyclic) bond motifs is 2. The number of hydrogen-bond acceptors (Lipinski definition) is 4. The van der Waals surface area contributed by atoms with Gasteiger partial charge in [0.05, 0.1) is 11.3 Å². The number of rotatable bonds is 3. The molecule has 124 valence electrons. The van der Waals surface area contributed by atoms with Gasteiger partial charge in [0.25, 0.3) is 5.56 Å². The number of aromatic nitrogens is 2. The average molecular weight is 331 g/mol. The Morgan fingerprint density at radius 1 is 1.48 bits per heavy atom. The van der Waals surface area contributed by atoms with E-state index in [1.807, 2.05) is 6.26 Å². The van der Waals surface area contributed by atoms with Crippen LogP contribution < -0.4 is 5.56 Å². The third kappa shape index (κ3) is 2.49. The lowest BCUT2D eigenvalue weighted by Gasteiger charge is -2.57. The standard InChI is InChI=1S/C18H25N3OS/c1-18(2)12-5-4-11(14(18)8-12)9-21-7-6-15-13(10-21)16(22)20-17(19-15)23-3/h4,12,14H,5-10H2,1-3H3,(H,19,20,22). The molecule has 4 nitrogen and oxygen atoms in total. The molecule has 0 amide bonds. The van der Waals surface area contributed by atoms with Gasteiger partial charge in [0.1, 0.15) is 0 Å². The van der Waals surface area contributed by atoms with Crippen LogP contribution in [0.25, 0.3) is 0 Å². The molecule has 0 saturated heterocycles. The van der Waals surface area contributed by atoms with Crippen molar-refractivity contribution in [2.45, 2.75) is 44.8 Å². The first-order chi connectivity index (χ1) is 11.0.